The summed E-state index contributed by atoms with van der Waals surface area (Å²) in [6.07, 6.45) is 2.79. The zero-order chi connectivity index (χ0) is 21.2. The number of amides is 2. The number of hydrogen-bond acceptors (Lipinski definition) is 4. The number of fused-ring (bicyclic) bond motifs is 1. The van der Waals surface area contributed by atoms with Gasteiger partial charge < -0.3 is 15.0 Å². The molecule has 2 N–H and O–H groups in total. The first-order valence-corrected chi connectivity index (χ1v) is 9.84. The number of carbonyl (C=O) groups is 1. The van der Waals surface area contributed by atoms with Gasteiger partial charge in [0.2, 0.25) is 0 Å². The Balaban J connectivity index is 1.73. The van der Waals surface area contributed by atoms with E-state index in [2.05, 4.69) is 67.6 Å². The van der Waals surface area contributed by atoms with Crippen molar-refractivity contribution in [3.63, 3.8) is 0 Å². The highest BCUT2D eigenvalue weighted by molar-refractivity contribution is 5.92. The van der Waals surface area contributed by atoms with E-state index >= 15 is 0 Å². The van der Waals surface area contributed by atoms with Crippen molar-refractivity contribution in [2.75, 3.05) is 24.4 Å². The van der Waals surface area contributed by atoms with Crippen LogP contribution in [0.25, 0.3) is 0 Å². The minimum absolute atomic E-state index is 0.132. The highest BCUT2D eigenvalue weighted by Gasteiger charge is 2.34. The smallest absolute Gasteiger partial charge is 0.339 e. The molecule has 154 valence electrons. The molecule has 0 unspecified atom stereocenters. The molecule has 6 heteroatoms. The Morgan fingerprint density at radius 3 is 2.76 bits per heavy atom. The number of methoxy groups -OCH3 is 1. The monoisotopic (exact) mass is 394 g/mol. The first kappa shape index (κ1) is 20.7. The van der Waals surface area contributed by atoms with E-state index in [0.717, 1.165) is 17.5 Å². The second-order valence-corrected chi connectivity index (χ2v) is 8.27. The predicted octanol–water partition coefficient (Wildman–Crippen LogP) is 4.88. The molecule has 1 atom stereocenters. The third-order valence-corrected chi connectivity index (χ3v) is 5.75. The van der Waals surface area contributed by atoms with Gasteiger partial charge in [-0.2, -0.15) is 5.10 Å². The fourth-order valence-electron chi connectivity index (χ4n) is 3.93. The third kappa shape index (κ3) is 4.36. The van der Waals surface area contributed by atoms with Crippen molar-refractivity contribution < 1.29 is 9.53 Å². The van der Waals surface area contributed by atoms with Crippen LogP contribution in [0.1, 0.15) is 49.8 Å². The summed E-state index contributed by atoms with van der Waals surface area (Å²) < 4.78 is 5.24. The van der Waals surface area contributed by atoms with E-state index < -0.39 is 6.03 Å². The molecule has 0 aromatic heterocycles. The van der Waals surface area contributed by atoms with E-state index in [1.165, 1.54) is 11.3 Å². The normalized spacial score (nSPS) is 17.7. The van der Waals surface area contributed by atoms with Gasteiger partial charge in [0.05, 0.1) is 19.0 Å². The number of nitrogens with zero attached hydrogens (tertiary/aromatic N) is 2. The lowest BCUT2D eigenvalue weighted by Gasteiger charge is -2.45. The van der Waals surface area contributed by atoms with Gasteiger partial charge in [-0.3, -0.25) is 0 Å². The zero-order valence-electron chi connectivity index (χ0n) is 18.0. The predicted molar refractivity (Wildman–Crippen MR) is 119 cm³/mol. The molecule has 2 aromatic rings. The van der Waals surface area contributed by atoms with Gasteiger partial charge in [-0.1, -0.05) is 19.1 Å². The summed E-state index contributed by atoms with van der Waals surface area (Å²) in [4.78, 5) is 14.5. The largest absolute Gasteiger partial charge is 0.495 e. The van der Waals surface area contributed by atoms with Gasteiger partial charge in [0.25, 0.3) is 0 Å². The van der Waals surface area contributed by atoms with E-state index in [4.69, 9.17) is 4.74 Å². The number of nitrogens with one attached hydrogen (secondary N) is 2. The Morgan fingerprint density at radius 1 is 1.31 bits per heavy atom. The van der Waals surface area contributed by atoms with Crippen molar-refractivity contribution in [2.24, 2.45) is 5.10 Å². The standard InChI is InChI=1S/C23H30N4O2/c1-15-11-20-18(16(2)13-23(3,4)27(20)5)12-17(15)14-24-26-22(28)25-19-9-7-8-10-21(19)29-6/h7-12,14,16H,13H2,1-6H3,(H2,25,26,28)/b24-14+/t16-/m1/s1. The molecule has 2 aromatic carbocycles. The van der Waals surface area contributed by atoms with Crippen LogP contribution in [0.5, 0.6) is 5.75 Å². The van der Waals surface area contributed by atoms with Crippen LogP contribution in [0.4, 0.5) is 16.2 Å². The minimum atomic E-state index is -0.420. The van der Waals surface area contributed by atoms with Crippen LogP contribution in [0.15, 0.2) is 41.5 Å². The highest BCUT2D eigenvalue weighted by Crippen LogP contribution is 2.43. The molecule has 0 bridgehead atoms. The fourth-order valence-corrected chi connectivity index (χ4v) is 3.93. The number of hydrogen-bond donors (Lipinski definition) is 2. The van der Waals surface area contributed by atoms with Gasteiger partial charge >= 0.3 is 6.03 Å². The number of carbonyl (C=O) groups excluding carboxylic acids is 1. The lowest BCUT2D eigenvalue weighted by atomic mass is 9.79. The Kier molecular flexibility index (Phi) is 5.82. The summed E-state index contributed by atoms with van der Waals surface area (Å²) in [6, 6.07) is 11.2. The fraction of sp³-hybridized carbons (Fsp3) is 0.391. The molecule has 1 aliphatic rings. The molecule has 0 spiro atoms. The SMILES string of the molecule is COc1ccccc1NC(=O)N/N=C/c1cc2c(cc1C)N(C)C(C)(C)C[C@H]2C. The van der Waals surface area contributed by atoms with E-state index in [1.54, 1.807) is 25.5 Å². The van der Waals surface area contributed by atoms with Gasteiger partial charge in [-0.25, -0.2) is 10.2 Å². The second kappa shape index (κ2) is 8.15. The summed E-state index contributed by atoms with van der Waals surface area (Å²) in [5.74, 6) is 1.06. The molecule has 0 radical (unpaired) electrons. The summed E-state index contributed by atoms with van der Waals surface area (Å²) >= 11 is 0. The van der Waals surface area contributed by atoms with Crippen LogP contribution in [0.2, 0.25) is 0 Å². The van der Waals surface area contributed by atoms with Crippen LogP contribution >= 0.6 is 0 Å². The van der Waals surface area contributed by atoms with Crippen LogP contribution in [-0.4, -0.2) is 31.9 Å². The molecule has 29 heavy (non-hydrogen) atoms. The summed E-state index contributed by atoms with van der Waals surface area (Å²) in [7, 11) is 3.72. The van der Waals surface area contributed by atoms with Crippen LogP contribution in [-0.2, 0) is 0 Å². The summed E-state index contributed by atoms with van der Waals surface area (Å²) in [5.41, 5.74) is 7.95. The maximum Gasteiger partial charge on any atom is 0.339 e. The Labute approximate surface area is 172 Å². The number of rotatable bonds is 4. The molecular formula is C23H30N4O2. The maximum absolute atomic E-state index is 12.2. The Bertz CT molecular complexity index is 936. The van der Waals surface area contributed by atoms with E-state index in [-0.39, 0.29) is 5.54 Å². The number of hydrazone groups is 1. The first-order chi connectivity index (χ1) is 13.7. The first-order valence-electron chi connectivity index (χ1n) is 9.84. The molecule has 3 rings (SSSR count). The average molecular weight is 395 g/mol. The van der Waals surface area contributed by atoms with Crippen molar-refractivity contribution in [2.45, 2.75) is 45.6 Å². The van der Waals surface area contributed by atoms with Gasteiger partial charge in [-0.05, 0) is 74.1 Å². The summed E-state index contributed by atoms with van der Waals surface area (Å²) in [6.45, 7) is 8.89. The average Bonchev–Trinajstić information content (AvgIpc) is 2.67. The van der Waals surface area contributed by atoms with E-state index in [9.17, 15) is 4.79 Å². The van der Waals surface area contributed by atoms with Crippen molar-refractivity contribution in [1.29, 1.82) is 0 Å². The van der Waals surface area contributed by atoms with Gasteiger partial charge in [0, 0.05) is 18.3 Å². The summed E-state index contributed by atoms with van der Waals surface area (Å²) in [5, 5.41) is 6.87. The van der Waals surface area contributed by atoms with Gasteiger partial charge in [-0.15, -0.1) is 0 Å². The number of urea groups is 1. The molecule has 0 saturated carbocycles. The molecular weight excluding hydrogens is 364 g/mol. The number of aryl methyl sites for hydroxylation is 1. The number of para-hydroxylation sites is 2. The maximum atomic E-state index is 12.2. The van der Waals surface area contributed by atoms with Crippen molar-refractivity contribution in [1.82, 2.24) is 5.43 Å². The lowest BCUT2D eigenvalue weighted by molar-refractivity contribution is 0.252. The second-order valence-electron chi connectivity index (χ2n) is 8.27. The molecule has 2 amide bonds. The van der Waals surface area contributed by atoms with Crippen molar-refractivity contribution in [3.05, 3.63) is 53.1 Å². The Hall–Kier alpha value is -3.02. The van der Waals surface area contributed by atoms with Crippen LogP contribution in [0, 0.1) is 6.92 Å². The van der Waals surface area contributed by atoms with Crippen LogP contribution in [0.3, 0.4) is 0 Å². The molecule has 1 aliphatic heterocycles. The topological polar surface area (TPSA) is 66.0 Å². The molecule has 1 heterocycles. The number of ether oxygens (including phenoxy) is 1. The molecule has 0 aliphatic carbocycles. The molecule has 0 saturated heterocycles. The van der Waals surface area contributed by atoms with Gasteiger partial charge in [0.1, 0.15) is 5.75 Å². The van der Waals surface area contributed by atoms with E-state index in [0.29, 0.717) is 17.4 Å². The lowest BCUT2D eigenvalue weighted by Crippen LogP contribution is -2.45. The van der Waals surface area contributed by atoms with E-state index in [1.807, 2.05) is 12.1 Å². The van der Waals surface area contributed by atoms with Crippen molar-refractivity contribution in [3.8, 4) is 5.75 Å². The van der Waals surface area contributed by atoms with Crippen LogP contribution < -0.4 is 20.4 Å². The number of benzene rings is 2. The molecule has 6 nitrogen and oxygen atoms in total. The highest BCUT2D eigenvalue weighted by atomic mass is 16.5. The Morgan fingerprint density at radius 2 is 2.03 bits per heavy atom. The number of anilines is 2. The molecule has 0 fully saturated rings. The van der Waals surface area contributed by atoms with Crippen molar-refractivity contribution >= 4 is 23.6 Å². The minimum Gasteiger partial charge on any atom is -0.495 e. The quantitative estimate of drug-likeness (QED) is 0.574. The third-order valence-electron chi connectivity index (χ3n) is 5.75. The van der Waals surface area contributed by atoms with Gasteiger partial charge in [0.15, 0.2) is 0 Å². The zero-order valence-corrected chi connectivity index (χ0v) is 18.0.